The molecular weight excluding hydrogens is 302 g/mol. The Labute approximate surface area is 144 Å². The number of rotatable bonds is 6. The van der Waals surface area contributed by atoms with Crippen LogP contribution in [0.3, 0.4) is 0 Å². The van der Waals surface area contributed by atoms with Gasteiger partial charge in [0.2, 0.25) is 6.41 Å². The molecule has 24 heavy (non-hydrogen) atoms. The molecule has 1 fully saturated rings. The minimum Gasteiger partial charge on any atom is -0.388 e. The average Bonchev–Trinajstić information content (AvgIpc) is 2.62. The largest absolute Gasteiger partial charge is 0.388 e. The number of allylic oxidation sites excluding steroid dienone is 3. The van der Waals surface area contributed by atoms with Crippen LogP contribution in [0, 0.1) is 6.92 Å². The first-order chi connectivity index (χ1) is 11.5. The highest BCUT2D eigenvalue weighted by molar-refractivity contribution is 5.79. The zero-order valence-electron chi connectivity index (χ0n) is 15.0. The summed E-state index contributed by atoms with van der Waals surface area (Å²) in [5, 5.41) is 3.18. The molecule has 1 amide bonds. The molecule has 0 saturated carbocycles. The normalized spacial score (nSPS) is 16.1. The Hall–Kier alpha value is -2.27. The zero-order chi connectivity index (χ0) is 17.5. The molecule has 5 nitrogen and oxygen atoms in total. The summed E-state index contributed by atoms with van der Waals surface area (Å²) in [5.74, 6) is 0. The third-order valence-corrected chi connectivity index (χ3v) is 4.22. The first kappa shape index (κ1) is 18.1. The predicted molar refractivity (Wildman–Crippen MR) is 98.7 cm³/mol. The van der Waals surface area contributed by atoms with Crippen molar-refractivity contribution in [3.05, 3.63) is 47.3 Å². The first-order valence-electron chi connectivity index (χ1n) is 8.24. The zero-order valence-corrected chi connectivity index (χ0v) is 15.0. The van der Waals surface area contributed by atoms with Crippen molar-refractivity contribution in [1.82, 2.24) is 9.80 Å². The highest BCUT2D eigenvalue weighted by Crippen LogP contribution is 2.26. The second kappa shape index (κ2) is 8.55. The number of benzene rings is 1. The lowest BCUT2D eigenvalue weighted by Crippen LogP contribution is -2.34. The van der Waals surface area contributed by atoms with E-state index in [0.29, 0.717) is 0 Å². The van der Waals surface area contributed by atoms with Gasteiger partial charge >= 0.3 is 0 Å². The third-order valence-electron chi connectivity index (χ3n) is 4.22. The number of carbonyl (C=O) groups is 1. The molecule has 0 unspecified atom stereocenters. The fourth-order valence-corrected chi connectivity index (χ4v) is 2.76. The van der Waals surface area contributed by atoms with Crippen LogP contribution in [-0.4, -0.2) is 56.6 Å². The van der Waals surface area contributed by atoms with E-state index in [1.54, 1.807) is 11.9 Å². The van der Waals surface area contributed by atoms with Gasteiger partial charge in [-0.25, -0.2) is 0 Å². The Kier molecular flexibility index (Phi) is 6.44. The van der Waals surface area contributed by atoms with E-state index in [0.717, 1.165) is 49.5 Å². The van der Waals surface area contributed by atoms with Crippen LogP contribution >= 0.6 is 0 Å². The Morgan fingerprint density at radius 1 is 1.33 bits per heavy atom. The minimum absolute atomic E-state index is 0.757. The molecule has 0 aromatic heterocycles. The second-order valence-electron chi connectivity index (χ2n) is 6.02. The van der Waals surface area contributed by atoms with Crippen molar-refractivity contribution in [1.29, 1.82) is 0 Å². The Morgan fingerprint density at radius 2 is 2.04 bits per heavy atom. The van der Waals surface area contributed by atoms with Crippen molar-refractivity contribution in [3.8, 4) is 0 Å². The summed E-state index contributed by atoms with van der Waals surface area (Å²) in [5.41, 5.74) is 5.53. The number of ether oxygens (including phenoxy) is 1. The van der Waals surface area contributed by atoms with Gasteiger partial charge in [0.15, 0.2) is 0 Å². The second-order valence-corrected chi connectivity index (χ2v) is 6.02. The van der Waals surface area contributed by atoms with E-state index in [1.807, 2.05) is 13.2 Å². The van der Waals surface area contributed by atoms with Crippen LogP contribution in [0.5, 0.6) is 0 Å². The van der Waals surface area contributed by atoms with Crippen molar-refractivity contribution in [3.63, 3.8) is 0 Å². The number of nitrogens with one attached hydrogen (secondary N) is 1. The highest BCUT2D eigenvalue weighted by Gasteiger charge is 2.12. The fraction of sp³-hybridized carbons (Fsp3) is 0.421. The topological polar surface area (TPSA) is 44.8 Å². The van der Waals surface area contributed by atoms with Crippen molar-refractivity contribution in [2.45, 2.75) is 13.8 Å². The van der Waals surface area contributed by atoms with E-state index < -0.39 is 0 Å². The van der Waals surface area contributed by atoms with Crippen molar-refractivity contribution >= 4 is 17.7 Å². The molecule has 1 heterocycles. The van der Waals surface area contributed by atoms with Gasteiger partial charge in [-0.15, -0.1) is 0 Å². The Morgan fingerprint density at radius 3 is 2.67 bits per heavy atom. The summed E-state index contributed by atoms with van der Waals surface area (Å²) in [6.07, 6.45) is 4.83. The maximum Gasteiger partial charge on any atom is 0.213 e. The average molecular weight is 329 g/mol. The third kappa shape index (κ3) is 4.61. The molecule has 1 aromatic rings. The molecule has 0 atom stereocenters. The summed E-state index contributed by atoms with van der Waals surface area (Å²) >= 11 is 0. The molecular formula is C19H27N3O2. The molecule has 1 aromatic carbocycles. The van der Waals surface area contributed by atoms with Crippen LogP contribution in [0.4, 0.5) is 5.69 Å². The number of aryl methyl sites for hydroxylation is 1. The quantitative estimate of drug-likeness (QED) is 0.644. The summed E-state index contributed by atoms with van der Waals surface area (Å²) < 4.78 is 5.42. The maximum absolute atomic E-state index is 11.1. The number of nitrogens with zero attached hydrogens (tertiary/aromatic N) is 2. The first-order valence-corrected chi connectivity index (χ1v) is 8.24. The summed E-state index contributed by atoms with van der Waals surface area (Å²) in [6.45, 7) is 7.50. The van der Waals surface area contributed by atoms with E-state index in [1.165, 1.54) is 11.3 Å². The summed E-state index contributed by atoms with van der Waals surface area (Å²) in [4.78, 5) is 14.9. The molecule has 1 aliphatic heterocycles. The molecule has 5 heteroatoms. The summed E-state index contributed by atoms with van der Waals surface area (Å²) in [7, 11) is 3.66. The van der Waals surface area contributed by atoms with Crippen LogP contribution in [0.25, 0.3) is 5.57 Å². The van der Waals surface area contributed by atoms with Gasteiger partial charge in [0, 0.05) is 50.3 Å². The summed E-state index contributed by atoms with van der Waals surface area (Å²) in [6, 6.07) is 6.26. The van der Waals surface area contributed by atoms with Gasteiger partial charge < -0.3 is 19.9 Å². The number of carbonyl (C=O) groups excluding carboxylic acids is 1. The van der Waals surface area contributed by atoms with Crippen molar-refractivity contribution in [2.24, 2.45) is 0 Å². The van der Waals surface area contributed by atoms with Gasteiger partial charge in [0.1, 0.15) is 0 Å². The molecule has 0 spiro atoms. The number of amides is 1. The van der Waals surface area contributed by atoms with Crippen LogP contribution in [0.15, 0.2) is 36.2 Å². The van der Waals surface area contributed by atoms with Gasteiger partial charge in [0.05, 0.1) is 13.2 Å². The lowest BCUT2D eigenvalue weighted by Gasteiger charge is -2.29. The molecule has 1 saturated heterocycles. The van der Waals surface area contributed by atoms with Gasteiger partial charge in [-0.05, 0) is 43.2 Å². The van der Waals surface area contributed by atoms with Gasteiger partial charge in [-0.2, -0.15) is 0 Å². The number of morpholine rings is 1. The van der Waals surface area contributed by atoms with Crippen LogP contribution < -0.4 is 5.32 Å². The van der Waals surface area contributed by atoms with Crippen LogP contribution in [0.1, 0.15) is 18.1 Å². The lowest BCUT2D eigenvalue weighted by molar-refractivity contribution is -0.114. The SMILES string of the molecule is CNc1ccc(C)c(C(=C/N(C)C=O)/C=C(\C)N2CCOCC2)c1. The van der Waals surface area contributed by atoms with E-state index in [2.05, 4.69) is 48.3 Å². The van der Waals surface area contributed by atoms with Gasteiger partial charge in [-0.3, -0.25) is 4.79 Å². The fourth-order valence-electron chi connectivity index (χ4n) is 2.76. The van der Waals surface area contributed by atoms with Crippen LogP contribution in [-0.2, 0) is 9.53 Å². The van der Waals surface area contributed by atoms with Crippen molar-refractivity contribution in [2.75, 3.05) is 45.7 Å². The predicted octanol–water partition coefficient (Wildman–Crippen LogP) is 2.70. The van der Waals surface area contributed by atoms with Gasteiger partial charge in [0.25, 0.3) is 0 Å². The van der Waals surface area contributed by atoms with E-state index >= 15 is 0 Å². The smallest absolute Gasteiger partial charge is 0.213 e. The molecule has 1 N–H and O–H groups in total. The Bertz CT molecular complexity index is 631. The molecule has 0 bridgehead atoms. The molecule has 2 rings (SSSR count). The highest BCUT2D eigenvalue weighted by atomic mass is 16.5. The van der Waals surface area contributed by atoms with E-state index in [9.17, 15) is 4.79 Å². The minimum atomic E-state index is 0.757. The maximum atomic E-state index is 11.1. The number of hydrogen-bond donors (Lipinski definition) is 1. The van der Waals surface area contributed by atoms with E-state index in [4.69, 9.17) is 4.74 Å². The molecule has 130 valence electrons. The number of hydrogen-bond acceptors (Lipinski definition) is 4. The number of anilines is 1. The monoisotopic (exact) mass is 329 g/mol. The molecule has 0 aliphatic carbocycles. The van der Waals surface area contributed by atoms with E-state index in [-0.39, 0.29) is 0 Å². The standard InChI is InChI=1S/C19H27N3O2/c1-15-5-6-18(20-3)12-19(15)17(13-21(4)14-23)11-16(2)22-7-9-24-10-8-22/h5-6,11-14,20H,7-10H2,1-4H3/b16-11+,17-13+. The molecule has 0 radical (unpaired) electrons. The Balaban J connectivity index is 2.41. The van der Waals surface area contributed by atoms with Crippen molar-refractivity contribution < 1.29 is 9.53 Å². The molecule has 1 aliphatic rings. The van der Waals surface area contributed by atoms with Crippen LogP contribution in [0.2, 0.25) is 0 Å². The van der Waals surface area contributed by atoms with Gasteiger partial charge in [-0.1, -0.05) is 6.07 Å². The lowest BCUT2D eigenvalue weighted by atomic mass is 9.99.